The maximum Gasteiger partial charge on any atom is 0.225 e. The predicted molar refractivity (Wildman–Crippen MR) is 86.8 cm³/mol. The molecule has 0 bridgehead atoms. The summed E-state index contributed by atoms with van der Waals surface area (Å²) in [4.78, 5) is 22.6. The van der Waals surface area contributed by atoms with Crippen molar-refractivity contribution in [2.24, 2.45) is 0 Å². The highest BCUT2D eigenvalue weighted by Crippen LogP contribution is 2.19. The van der Waals surface area contributed by atoms with E-state index in [1.54, 1.807) is 6.20 Å². The molecule has 0 radical (unpaired) electrons. The summed E-state index contributed by atoms with van der Waals surface area (Å²) in [6.45, 7) is 10.1. The van der Waals surface area contributed by atoms with Crippen LogP contribution in [0, 0.1) is 6.92 Å². The Morgan fingerprint density at radius 3 is 2.65 bits per heavy atom. The molecule has 0 unspecified atom stereocenters. The maximum atomic E-state index is 11.5. The van der Waals surface area contributed by atoms with E-state index in [9.17, 15) is 4.79 Å². The molecule has 0 spiro atoms. The average molecular weight is 314 g/mol. The number of hydrogen-bond donors (Lipinski definition) is 0. The minimum absolute atomic E-state index is 0.00213. The summed E-state index contributed by atoms with van der Waals surface area (Å²) < 4.78 is 2.21. The molecule has 0 amide bonds. The summed E-state index contributed by atoms with van der Waals surface area (Å²) in [6.07, 6.45) is 2.45. The number of Topliss-reactive ketones (excluding diaryl/α,β-unsaturated/α-hetero) is 1. The van der Waals surface area contributed by atoms with Crippen LogP contribution in [0.25, 0.3) is 0 Å². The Morgan fingerprint density at radius 2 is 2.00 bits per heavy atom. The van der Waals surface area contributed by atoms with E-state index < -0.39 is 0 Å². The number of anilines is 1. The Hall–Kier alpha value is -2.31. The average Bonchev–Trinajstić information content (AvgIpc) is 2.79. The SMILES string of the molecule is CC(=O)c1cnc(N2CCc3nnc(C(C)C)n3CC2)nc1C. The van der Waals surface area contributed by atoms with E-state index in [2.05, 4.69) is 43.5 Å². The highest BCUT2D eigenvalue weighted by molar-refractivity contribution is 5.94. The van der Waals surface area contributed by atoms with Crippen LogP contribution in [-0.2, 0) is 13.0 Å². The van der Waals surface area contributed by atoms with Crippen molar-refractivity contribution < 1.29 is 4.79 Å². The molecule has 0 saturated heterocycles. The number of hydrogen-bond acceptors (Lipinski definition) is 6. The number of fused-ring (bicyclic) bond motifs is 1. The van der Waals surface area contributed by atoms with Crippen LogP contribution in [0.2, 0.25) is 0 Å². The fraction of sp³-hybridized carbons (Fsp3) is 0.562. The van der Waals surface area contributed by atoms with Gasteiger partial charge in [-0.25, -0.2) is 9.97 Å². The lowest BCUT2D eigenvalue weighted by molar-refractivity contribution is 0.101. The van der Waals surface area contributed by atoms with Gasteiger partial charge in [-0.1, -0.05) is 13.8 Å². The Kier molecular flexibility index (Phi) is 4.11. The zero-order valence-electron chi connectivity index (χ0n) is 14.1. The fourth-order valence-electron chi connectivity index (χ4n) is 2.93. The molecular weight excluding hydrogens is 292 g/mol. The van der Waals surface area contributed by atoms with Crippen LogP contribution in [0.3, 0.4) is 0 Å². The number of carbonyl (C=O) groups excluding carboxylic acids is 1. The molecule has 0 N–H and O–H groups in total. The lowest BCUT2D eigenvalue weighted by Gasteiger charge is -2.20. The first-order chi connectivity index (χ1) is 11.0. The second-order valence-electron chi connectivity index (χ2n) is 6.24. The van der Waals surface area contributed by atoms with E-state index in [0.29, 0.717) is 17.4 Å². The van der Waals surface area contributed by atoms with Gasteiger partial charge in [0.25, 0.3) is 0 Å². The highest BCUT2D eigenvalue weighted by Gasteiger charge is 2.21. The molecule has 0 aliphatic carbocycles. The third-order valence-corrected chi connectivity index (χ3v) is 4.20. The Balaban J connectivity index is 1.82. The zero-order valence-corrected chi connectivity index (χ0v) is 14.1. The molecule has 3 rings (SSSR count). The van der Waals surface area contributed by atoms with E-state index in [1.165, 1.54) is 6.92 Å². The van der Waals surface area contributed by atoms with Crippen LogP contribution in [0.1, 0.15) is 54.4 Å². The number of carbonyl (C=O) groups is 1. The lowest BCUT2D eigenvalue weighted by Crippen LogP contribution is -2.29. The van der Waals surface area contributed by atoms with Crippen molar-refractivity contribution in [1.29, 1.82) is 0 Å². The topological polar surface area (TPSA) is 76.8 Å². The number of rotatable bonds is 3. The van der Waals surface area contributed by atoms with Gasteiger partial charge in [-0.3, -0.25) is 4.79 Å². The largest absolute Gasteiger partial charge is 0.339 e. The second kappa shape index (κ2) is 6.06. The van der Waals surface area contributed by atoms with Crippen molar-refractivity contribution in [2.45, 2.75) is 46.6 Å². The van der Waals surface area contributed by atoms with Gasteiger partial charge in [0.2, 0.25) is 5.95 Å². The number of aromatic nitrogens is 5. The standard InChI is InChI=1S/C16H22N6O/c1-10(2)15-20-19-14-5-6-21(7-8-22(14)15)16-17-9-13(12(4)23)11(3)18-16/h9-10H,5-8H2,1-4H3. The van der Waals surface area contributed by atoms with Crippen molar-refractivity contribution in [3.8, 4) is 0 Å². The maximum absolute atomic E-state index is 11.5. The molecule has 3 heterocycles. The molecule has 0 atom stereocenters. The minimum atomic E-state index is -0.00213. The molecule has 0 fully saturated rings. The van der Waals surface area contributed by atoms with Crippen LogP contribution in [0.5, 0.6) is 0 Å². The minimum Gasteiger partial charge on any atom is -0.339 e. The van der Waals surface area contributed by atoms with Gasteiger partial charge < -0.3 is 9.47 Å². The summed E-state index contributed by atoms with van der Waals surface area (Å²) in [5.74, 6) is 3.09. The molecule has 122 valence electrons. The molecule has 2 aromatic heterocycles. The molecule has 1 aliphatic rings. The summed E-state index contributed by atoms with van der Waals surface area (Å²) in [5, 5.41) is 8.63. The number of nitrogens with zero attached hydrogens (tertiary/aromatic N) is 6. The monoisotopic (exact) mass is 314 g/mol. The zero-order chi connectivity index (χ0) is 16.6. The summed E-state index contributed by atoms with van der Waals surface area (Å²) >= 11 is 0. The van der Waals surface area contributed by atoms with Crippen molar-refractivity contribution in [2.75, 3.05) is 18.0 Å². The van der Waals surface area contributed by atoms with E-state index in [-0.39, 0.29) is 5.78 Å². The summed E-state index contributed by atoms with van der Waals surface area (Å²) in [7, 11) is 0. The van der Waals surface area contributed by atoms with Gasteiger partial charge in [0, 0.05) is 38.2 Å². The smallest absolute Gasteiger partial charge is 0.225 e. The summed E-state index contributed by atoms with van der Waals surface area (Å²) in [6, 6.07) is 0. The van der Waals surface area contributed by atoms with Gasteiger partial charge in [-0.2, -0.15) is 0 Å². The van der Waals surface area contributed by atoms with Gasteiger partial charge in [0.1, 0.15) is 11.6 Å². The highest BCUT2D eigenvalue weighted by atomic mass is 16.1. The van der Waals surface area contributed by atoms with E-state index in [0.717, 1.165) is 43.4 Å². The first kappa shape index (κ1) is 15.6. The van der Waals surface area contributed by atoms with Crippen molar-refractivity contribution in [3.05, 3.63) is 29.1 Å². The molecule has 1 aliphatic heterocycles. The fourth-order valence-corrected chi connectivity index (χ4v) is 2.93. The Bertz CT molecular complexity index is 736. The third kappa shape index (κ3) is 2.95. The van der Waals surface area contributed by atoms with Crippen molar-refractivity contribution >= 4 is 11.7 Å². The van der Waals surface area contributed by atoms with Crippen molar-refractivity contribution in [1.82, 2.24) is 24.7 Å². The van der Waals surface area contributed by atoms with E-state index in [1.807, 2.05) is 6.92 Å². The number of aryl methyl sites for hydroxylation is 1. The number of ketones is 1. The van der Waals surface area contributed by atoms with Gasteiger partial charge in [0.05, 0.1) is 11.3 Å². The quantitative estimate of drug-likeness (QED) is 0.804. The van der Waals surface area contributed by atoms with Crippen LogP contribution in [-0.4, -0.2) is 43.6 Å². The Morgan fingerprint density at radius 1 is 1.22 bits per heavy atom. The van der Waals surface area contributed by atoms with Crippen LogP contribution >= 0.6 is 0 Å². The molecule has 0 aromatic carbocycles. The molecule has 0 saturated carbocycles. The van der Waals surface area contributed by atoms with Crippen molar-refractivity contribution in [3.63, 3.8) is 0 Å². The molecule has 7 heteroatoms. The molecule has 2 aromatic rings. The second-order valence-corrected chi connectivity index (χ2v) is 6.24. The molecule has 7 nitrogen and oxygen atoms in total. The van der Waals surface area contributed by atoms with Crippen LogP contribution in [0.4, 0.5) is 5.95 Å². The van der Waals surface area contributed by atoms with Gasteiger partial charge in [0.15, 0.2) is 5.78 Å². The van der Waals surface area contributed by atoms with Gasteiger partial charge in [-0.05, 0) is 13.8 Å². The van der Waals surface area contributed by atoms with Crippen LogP contribution in [0.15, 0.2) is 6.20 Å². The predicted octanol–water partition coefficient (Wildman–Crippen LogP) is 1.77. The lowest BCUT2D eigenvalue weighted by atomic mass is 10.2. The summed E-state index contributed by atoms with van der Waals surface area (Å²) in [5.41, 5.74) is 1.32. The molecular formula is C16H22N6O. The van der Waals surface area contributed by atoms with Gasteiger partial charge in [-0.15, -0.1) is 10.2 Å². The first-order valence-corrected chi connectivity index (χ1v) is 7.99. The van der Waals surface area contributed by atoms with Crippen LogP contribution < -0.4 is 4.90 Å². The molecule has 23 heavy (non-hydrogen) atoms. The first-order valence-electron chi connectivity index (χ1n) is 7.99. The van der Waals surface area contributed by atoms with E-state index in [4.69, 9.17) is 0 Å². The van der Waals surface area contributed by atoms with Gasteiger partial charge >= 0.3 is 0 Å². The Labute approximate surface area is 135 Å². The normalized spacial score (nSPS) is 14.7. The third-order valence-electron chi connectivity index (χ3n) is 4.20. The van der Waals surface area contributed by atoms with E-state index >= 15 is 0 Å².